The normalized spacial score (nSPS) is 21.0. The smallest absolute Gasteiger partial charge is 0.170 e. The van der Waals surface area contributed by atoms with E-state index < -0.39 is 5.54 Å². The molecule has 1 aromatic rings. The summed E-state index contributed by atoms with van der Waals surface area (Å²) in [6, 6.07) is 1.74. The molecule has 98 valence electrons. The van der Waals surface area contributed by atoms with Crippen LogP contribution in [-0.2, 0) is 5.54 Å². The van der Waals surface area contributed by atoms with E-state index in [1.165, 1.54) is 0 Å². The number of halogens is 1. The summed E-state index contributed by atoms with van der Waals surface area (Å²) >= 11 is 3.36. The lowest BCUT2D eigenvalue weighted by molar-refractivity contribution is 0.165. The molecule has 0 radical (unpaired) electrons. The van der Waals surface area contributed by atoms with Gasteiger partial charge in [-0.15, -0.1) is 0 Å². The van der Waals surface area contributed by atoms with Gasteiger partial charge in [0.2, 0.25) is 0 Å². The SMILES string of the molecule is NC1(c2c(O)c(Br)cc3c2OCCO3)CCCC1. The Morgan fingerprint density at radius 3 is 2.61 bits per heavy atom. The molecular formula is C13H16BrNO3. The van der Waals surface area contributed by atoms with Crippen LogP contribution in [0.25, 0.3) is 0 Å². The molecule has 0 spiro atoms. The van der Waals surface area contributed by atoms with Gasteiger partial charge in [-0.05, 0) is 28.8 Å². The Morgan fingerprint density at radius 2 is 1.89 bits per heavy atom. The van der Waals surface area contributed by atoms with Crippen molar-refractivity contribution in [2.24, 2.45) is 5.73 Å². The average Bonchev–Trinajstić information content (AvgIpc) is 2.78. The van der Waals surface area contributed by atoms with E-state index in [0.717, 1.165) is 25.7 Å². The van der Waals surface area contributed by atoms with Crippen molar-refractivity contribution in [2.75, 3.05) is 13.2 Å². The first-order valence-electron chi connectivity index (χ1n) is 6.22. The first-order chi connectivity index (χ1) is 8.62. The van der Waals surface area contributed by atoms with Crippen LogP contribution in [0.5, 0.6) is 17.2 Å². The third-order valence-corrected chi connectivity index (χ3v) is 4.36. The van der Waals surface area contributed by atoms with Gasteiger partial charge in [0.25, 0.3) is 0 Å². The Labute approximate surface area is 114 Å². The van der Waals surface area contributed by atoms with Crippen molar-refractivity contribution >= 4 is 15.9 Å². The molecule has 18 heavy (non-hydrogen) atoms. The molecule has 1 fully saturated rings. The van der Waals surface area contributed by atoms with Gasteiger partial charge in [0.1, 0.15) is 19.0 Å². The number of aromatic hydroxyl groups is 1. The second-order valence-electron chi connectivity index (χ2n) is 4.97. The van der Waals surface area contributed by atoms with Crippen LogP contribution in [0.4, 0.5) is 0 Å². The molecule has 0 aromatic heterocycles. The van der Waals surface area contributed by atoms with Crippen LogP contribution < -0.4 is 15.2 Å². The largest absolute Gasteiger partial charge is 0.506 e. The minimum atomic E-state index is -0.501. The summed E-state index contributed by atoms with van der Waals surface area (Å²) in [4.78, 5) is 0. The fourth-order valence-corrected chi connectivity index (χ4v) is 3.27. The van der Waals surface area contributed by atoms with Crippen LogP contribution in [0.1, 0.15) is 31.2 Å². The lowest BCUT2D eigenvalue weighted by Crippen LogP contribution is -2.34. The van der Waals surface area contributed by atoms with Crippen LogP contribution in [0.15, 0.2) is 10.5 Å². The first-order valence-corrected chi connectivity index (χ1v) is 7.01. The van der Waals surface area contributed by atoms with Gasteiger partial charge in [-0.3, -0.25) is 0 Å². The van der Waals surface area contributed by atoms with Crippen LogP contribution in [0, 0.1) is 0 Å². The van der Waals surface area contributed by atoms with Gasteiger partial charge in [0.15, 0.2) is 11.5 Å². The molecule has 1 aromatic carbocycles. The minimum absolute atomic E-state index is 0.184. The third-order valence-electron chi connectivity index (χ3n) is 3.75. The van der Waals surface area contributed by atoms with Gasteiger partial charge in [0, 0.05) is 11.6 Å². The lowest BCUT2D eigenvalue weighted by atomic mass is 9.87. The molecule has 3 N–H and O–H groups in total. The Hall–Kier alpha value is -0.940. The Balaban J connectivity index is 2.20. The summed E-state index contributed by atoms with van der Waals surface area (Å²) in [5, 5.41) is 10.3. The highest BCUT2D eigenvalue weighted by Crippen LogP contribution is 2.51. The maximum absolute atomic E-state index is 10.3. The van der Waals surface area contributed by atoms with E-state index in [1.807, 2.05) is 0 Å². The van der Waals surface area contributed by atoms with Crippen LogP contribution in [-0.4, -0.2) is 18.3 Å². The maximum Gasteiger partial charge on any atom is 0.170 e. The predicted octanol–water partition coefficient (Wildman–Crippen LogP) is 2.65. The number of rotatable bonds is 1. The number of hydrogen-bond acceptors (Lipinski definition) is 4. The summed E-state index contributed by atoms with van der Waals surface area (Å²) in [6.45, 7) is 1.03. The first kappa shape index (κ1) is 12.1. The van der Waals surface area contributed by atoms with Crippen molar-refractivity contribution < 1.29 is 14.6 Å². The van der Waals surface area contributed by atoms with Crippen LogP contribution >= 0.6 is 15.9 Å². The van der Waals surface area contributed by atoms with Crippen molar-refractivity contribution in [1.29, 1.82) is 0 Å². The van der Waals surface area contributed by atoms with Gasteiger partial charge in [-0.1, -0.05) is 12.8 Å². The lowest BCUT2D eigenvalue weighted by Gasteiger charge is -2.31. The van der Waals surface area contributed by atoms with E-state index >= 15 is 0 Å². The zero-order valence-corrected chi connectivity index (χ0v) is 11.6. The standard InChI is InChI=1S/C13H16BrNO3/c14-8-7-9-12(18-6-5-17-9)10(11(8)16)13(15)3-1-2-4-13/h7,16H,1-6,15H2. The van der Waals surface area contributed by atoms with E-state index in [-0.39, 0.29) is 5.75 Å². The summed E-state index contributed by atoms with van der Waals surface area (Å²) < 4.78 is 11.9. The highest BCUT2D eigenvalue weighted by molar-refractivity contribution is 9.10. The Morgan fingerprint density at radius 1 is 1.22 bits per heavy atom. The van der Waals surface area contributed by atoms with Crippen LogP contribution in [0.2, 0.25) is 0 Å². The molecule has 0 unspecified atom stereocenters. The molecule has 4 nitrogen and oxygen atoms in total. The number of ether oxygens (including phenoxy) is 2. The quantitative estimate of drug-likeness (QED) is 0.836. The molecule has 0 bridgehead atoms. The summed E-state index contributed by atoms with van der Waals surface area (Å²) in [5.74, 6) is 1.47. The van der Waals surface area contributed by atoms with E-state index in [9.17, 15) is 5.11 Å². The molecule has 0 atom stereocenters. The minimum Gasteiger partial charge on any atom is -0.506 e. The van der Waals surface area contributed by atoms with Crippen molar-refractivity contribution in [1.82, 2.24) is 0 Å². The third kappa shape index (κ3) is 1.77. The van der Waals surface area contributed by atoms with E-state index in [1.54, 1.807) is 6.07 Å². The monoisotopic (exact) mass is 313 g/mol. The molecule has 1 aliphatic carbocycles. The molecule has 1 heterocycles. The second-order valence-corrected chi connectivity index (χ2v) is 5.82. The van der Waals surface area contributed by atoms with E-state index in [4.69, 9.17) is 15.2 Å². The summed E-state index contributed by atoms with van der Waals surface area (Å²) in [5.41, 5.74) is 6.65. The molecule has 5 heteroatoms. The van der Waals surface area contributed by atoms with Crippen molar-refractivity contribution in [3.8, 4) is 17.2 Å². The molecule has 2 aliphatic rings. The molecule has 3 rings (SSSR count). The van der Waals surface area contributed by atoms with Gasteiger partial charge in [0.05, 0.1) is 10.0 Å². The van der Waals surface area contributed by atoms with Gasteiger partial charge >= 0.3 is 0 Å². The number of nitrogens with two attached hydrogens (primary N) is 1. The van der Waals surface area contributed by atoms with Crippen molar-refractivity contribution in [2.45, 2.75) is 31.2 Å². The molecule has 0 amide bonds. The topological polar surface area (TPSA) is 64.7 Å². The average molecular weight is 314 g/mol. The molecule has 1 aliphatic heterocycles. The van der Waals surface area contributed by atoms with E-state index in [0.29, 0.717) is 34.7 Å². The Bertz CT molecular complexity index is 484. The highest BCUT2D eigenvalue weighted by atomic mass is 79.9. The highest BCUT2D eigenvalue weighted by Gasteiger charge is 2.39. The zero-order chi connectivity index (χ0) is 12.8. The number of phenolic OH excluding ortho intramolecular Hbond substituents is 1. The van der Waals surface area contributed by atoms with Crippen LogP contribution in [0.3, 0.4) is 0 Å². The Kier molecular flexibility index (Phi) is 2.90. The number of hydrogen-bond donors (Lipinski definition) is 2. The maximum atomic E-state index is 10.3. The number of fused-ring (bicyclic) bond motifs is 1. The van der Waals surface area contributed by atoms with Crippen molar-refractivity contribution in [3.63, 3.8) is 0 Å². The van der Waals surface area contributed by atoms with Gasteiger partial charge in [-0.25, -0.2) is 0 Å². The second kappa shape index (κ2) is 4.31. The summed E-state index contributed by atoms with van der Waals surface area (Å²) in [6.07, 6.45) is 3.90. The summed E-state index contributed by atoms with van der Waals surface area (Å²) in [7, 11) is 0. The zero-order valence-electron chi connectivity index (χ0n) is 10.0. The van der Waals surface area contributed by atoms with E-state index in [2.05, 4.69) is 15.9 Å². The molecular weight excluding hydrogens is 298 g/mol. The van der Waals surface area contributed by atoms with Gasteiger partial charge < -0.3 is 20.3 Å². The molecule has 1 saturated carbocycles. The van der Waals surface area contributed by atoms with Crippen molar-refractivity contribution in [3.05, 3.63) is 16.1 Å². The predicted molar refractivity (Wildman–Crippen MR) is 71.1 cm³/mol. The fourth-order valence-electron chi connectivity index (χ4n) is 2.86. The van der Waals surface area contributed by atoms with Gasteiger partial charge in [-0.2, -0.15) is 0 Å². The number of benzene rings is 1. The molecule has 0 saturated heterocycles. The number of phenols is 1. The fraction of sp³-hybridized carbons (Fsp3) is 0.538.